The van der Waals surface area contributed by atoms with E-state index in [4.69, 9.17) is 28.0 Å². The Morgan fingerprint density at radius 1 is 0.686 bits per heavy atom. The maximum Gasteiger partial charge on any atom is 0.326 e. The second-order valence-electron chi connectivity index (χ2n) is 7.69. The van der Waals surface area contributed by atoms with Gasteiger partial charge in [-0.1, -0.05) is 0 Å². The highest BCUT2D eigenvalue weighted by molar-refractivity contribution is 5.95. The van der Waals surface area contributed by atoms with Gasteiger partial charge in [0, 0.05) is 6.42 Å². The van der Waals surface area contributed by atoms with Crippen molar-refractivity contribution in [2.45, 2.75) is 69.1 Å². The van der Waals surface area contributed by atoms with Crippen molar-refractivity contribution in [1.29, 1.82) is 0 Å². The lowest BCUT2D eigenvalue weighted by atomic mass is 10.0. The fraction of sp³-hybridized carbons (Fsp3) is 0.632. The van der Waals surface area contributed by atoms with Gasteiger partial charge >= 0.3 is 11.9 Å². The lowest BCUT2D eigenvalue weighted by Gasteiger charge is -2.25. The van der Waals surface area contributed by atoms with Crippen LogP contribution in [0.5, 0.6) is 0 Å². The third-order valence-electron chi connectivity index (χ3n) is 4.64. The minimum Gasteiger partial charge on any atom is -0.481 e. The molecule has 0 rings (SSSR count). The zero-order valence-electron chi connectivity index (χ0n) is 19.0. The van der Waals surface area contributed by atoms with Gasteiger partial charge < -0.3 is 49.1 Å². The van der Waals surface area contributed by atoms with Crippen LogP contribution in [-0.2, 0) is 33.6 Å². The van der Waals surface area contributed by atoms with Crippen LogP contribution in [0.2, 0.25) is 0 Å². The predicted molar refractivity (Wildman–Crippen MR) is 119 cm³/mol. The summed E-state index contributed by atoms with van der Waals surface area (Å²) in [6, 6.07) is -5.86. The van der Waals surface area contributed by atoms with E-state index >= 15 is 0 Å². The number of nitrogens with one attached hydrogen (secondary N) is 3. The Morgan fingerprint density at radius 2 is 1.20 bits per heavy atom. The molecule has 0 saturated carbocycles. The van der Waals surface area contributed by atoms with Crippen molar-refractivity contribution < 1.29 is 43.8 Å². The molecular weight excluding hydrogens is 470 g/mol. The maximum absolute atomic E-state index is 12.9. The molecule has 0 bridgehead atoms. The topological polar surface area (TPSA) is 300 Å². The molecule has 0 aromatic heterocycles. The third-order valence-corrected chi connectivity index (χ3v) is 4.64. The van der Waals surface area contributed by atoms with Gasteiger partial charge in [-0.2, -0.15) is 0 Å². The summed E-state index contributed by atoms with van der Waals surface area (Å²) < 4.78 is 0. The summed E-state index contributed by atoms with van der Waals surface area (Å²) in [4.78, 5) is 82.1. The standard InChI is InChI=1S/C19H33N7O9/c20-6-2-1-3-10(17(32)26-12(19(34)35)8-14(23)28)25-18(33)11(4-5-13(22)27)24-16(31)9(21)7-15(29)30/h9-12H,1-8,20-21H2,(H2,22,27)(H2,23,28)(H,24,31)(H,25,33)(H,26,32)(H,29,30)(H,34,35). The molecule has 0 aliphatic heterocycles. The first-order chi connectivity index (χ1) is 16.3. The number of amides is 5. The van der Waals surface area contributed by atoms with Crippen molar-refractivity contribution in [3.05, 3.63) is 0 Å². The van der Waals surface area contributed by atoms with E-state index in [2.05, 4.69) is 16.0 Å². The van der Waals surface area contributed by atoms with Crippen molar-refractivity contribution in [3.8, 4) is 0 Å². The predicted octanol–water partition coefficient (Wildman–Crippen LogP) is -4.40. The Kier molecular flexibility index (Phi) is 14.2. The molecule has 0 saturated heterocycles. The summed E-state index contributed by atoms with van der Waals surface area (Å²) in [5.41, 5.74) is 21.0. The SMILES string of the molecule is NCCCCC(NC(=O)C(CCC(N)=O)NC(=O)C(N)CC(=O)O)C(=O)NC(CC(N)=O)C(=O)O. The van der Waals surface area contributed by atoms with Gasteiger partial charge in [0.25, 0.3) is 0 Å². The van der Waals surface area contributed by atoms with Crippen molar-refractivity contribution in [1.82, 2.24) is 16.0 Å². The van der Waals surface area contributed by atoms with Gasteiger partial charge in [0.1, 0.15) is 18.1 Å². The Bertz CT molecular complexity index is 806. The highest BCUT2D eigenvalue weighted by atomic mass is 16.4. The highest BCUT2D eigenvalue weighted by Gasteiger charge is 2.31. The first-order valence-electron chi connectivity index (χ1n) is 10.7. The summed E-state index contributed by atoms with van der Waals surface area (Å²) in [6.45, 7) is 0.278. The lowest BCUT2D eigenvalue weighted by Crippen LogP contribution is -2.57. The maximum atomic E-state index is 12.9. The van der Waals surface area contributed by atoms with Gasteiger partial charge in [-0.3, -0.25) is 28.8 Å². The summed E-state index contributed by atoms with van der Waals surface area (Å²) >= 11 is 0. The van der Waals surface area contributed by atoms with Crippen LogP contribution in [0.3, 0.4) is 0 Å². The molecule has 0 heterocycles. The minimum atomic E-state index is -1.65. The number of hydrogen-bond acceptors (Lipinski definition) is 9. The molecule has 0 aliphatic carbocycles. The number of hydrogen-bond donors (Lipinski definition) is 9. The smallest absolute Gasteiger partial charge is 0.326 e. The Morgan fingerprint density at radius 3 is 1.66 bits per heavy atom. The summed E-state index contributed by atoms with van der Waals surface area (Å²) in [6.07, 6.45) is -1.20. The van der Waals surface area contributed by atoms with Crippen LogP contribution in [0.1, 0.15) is 44.9 Å². The number of aliphatic carboxylic acids is 2. The molecule has 0 radical (unpaired) electrons. The van der Waals surface area contributed by atoms with Crippen molar-refractivity contribution in [2.24, 2.45) is 22.9 Å². The largest absolute Gasteiger partial charge is 0.481 e. The molecule has 16 heteroatoms. The van der Waals surface area contributed by atoms with Gasteiger partial charge in [-0.25, -0.2) is 4.79 Å². The summed E-state index contributed by atoms with van der Waals surface area (Å²) in [7, 11) is 0. The number of unbranched alkanes of at least 4 members (excludes halogenated alkanes) is 1. The molecule has 13 N–H and O–H groups in total. The summed E-state index contributed by atoms with van der Waals surface area (Å²) in [5.74, 6) is -7.51. The molecule has 4 unspecified atom stereocenters. The van der Waals surface area contributed by atoms with E-state index in [1.807, 2.05) is 0 Å². The van der Waals surface area contributed by atoms with Crippen LogP contribution in [0.15, 0.2) is 0 Å². The molecule has 0 aromatic rings. The van der Waals surface area contributed by atoms with E-state index in [1.54, 1.807) is 0 Å². The van der Waals surface area contributed by atoms with E-state index in [0.29, 0.717) is 12.8 Å². The van der Waals surface area contributed by atoms with E-state index in [1.165, 1.54) is 0 Å². The van der Waals surface area contributed by atoms with Gasteiger partial charge in [0.05, 0.1) is 18.9 Å². The van der Waals surface area contributed by atoms with Crippen LogP contribution < -0.4 is 38.9 Å². The third kappa shape index (κ3) is 13.5. The van der Waals surface area contributed by atoms with Crippen LogP contribution in [0.4, 0.5) is 0 Å². The zero-order valence-corrected chi connectivity index (χ0v) is 19.0. The molecule has 4 atom stereocenters. The number of primary amides is 2. The molecule has 0 aliphatic rings. The number of carbonyl (C=O) groups excluding carboxylic acids is 5. The van der Waals surface area contributed by atoms with Crippen LogP contribution in [0.25, 0.3) is 0 Å². The quantitative estimate of drug-likeness (QED) is 0.0804. The molecule has 0 spiro atoms. The number of rotatable bonds is 18. The van der Waals surface area contributed by atoms with Crippen LogP contribution in [0, 0.1) is 0 Å². The molecule has 0 fully saturated rings. The average Bonchev–Trinajstić information content (AvgIpc) is 2.74. The Hall–Kier alpha value is -3.79. The zero-order chi connectivity index (χ0) is 27.1. The lowest BCUT2D eigenvalue weighted by molar-refractivity contribution is -0.143. The van der Waals surface area contributed by atoms with Gasteiger partial charge in [-0.15, -0.1) is 0 Å². The van der Waals surface area contributed by atoms with Crippen molar-refractivity contribution in [3.63, 3.8) is 0 Å². The molecule has 5 amide bonds. The normalized spacial score (nSPS) is 14.0. The number of nitrogens with two attached hydrogens (primary N) is 4. The highest BCUT2D eigenvalue weighted by Crippen LogP contribution is 2.06. The van der Waals surface area contributed by atoms with E-state index < -0.39 is 78.5 Å². The molecule has 16 nitrogen and oxygen atoms in total. The molecule has 198 valence electrons. The van der Waals surface area contributed by atoms with Gasteiger partial charge in [0.15, 0.2) is 0 Å². The van der Waals surface area contributed by atoms with Crippen molar-refractivity contribution in [2.75, 3.05) is 6.54 Å². The first-order valence-corrected chi connectivity index (χ1v) is 10.7. The van der Waals surface area contributed by atoms with E-state index in [-0.39, 0.29) is 25.8 Å². The van der Waals surface area contributed by atoms with Crippen LogP contribution in [-0.4, -0.2) is 82.4 Å². The minimum absolute atomic E-state index is 0.0205. The van der Waals surface area contributed by atoms with Crippen LogP contribution >= 0.6 is 0 Å². The number of carboxylic acid groups (broad SMARTS) is 2. The first kappa shape index (κ1) is 31.2. The average molecular weight is 504 g/mol. The number of carbonyl (C=O) groups is 7. The van der Waals surface area contributed by atoms with Gasteiger partial charge in [0.2, 0.25) is 29.5 Å². The fourth-order valence-corrected chi connectivity index (χ4v) is 2.82. The van der Waals surface area contributed by atoms with E-state index in [0.717, 1.165) is 0 Å². The molecule has 0 aromatic carbocycles. The second-order valence-corrected chi connectivity index (χ2v) is 7.69. The molecule has 35 heavy (non-hydrogen) atoms. The monoisotopic (exact) mass is 503 g/mol. The Labute approximate surface area is 200 Å². The summed E-state index contributed by atoms with van der Waals surface area (Å²) in [5, 5.41) is 24.7. The Balaban J connectivity index is 5.61. The van der Waals surface area contributed by atoms with Gasteiger partial charge in [-0.05, 0) is 32.2 Å². The van der Waals surface area contributed by atoms with E-state index in [9.17, 15) is 38.7 Å². The second kappa shape index (κ2) is 15.9. The fourth-order valence-electron chi connectivity index (χ4n) is 2.82. The number of carboxylic acids is 2. The molecular formula is C19H33N7O9. The van der Waals surface area contributed by atoms with Crippen molar-refractivity contribution >= 4 is 41.5 Å².